The van der Waals surface area contributed by atoms with Gasteiger partial charge in [0.1, 0.15) is 11.5 Å². The van der Waals surface area contributed by atoms with Crippen molar-refractivity contribution in [1.82, 2.24) is 10.3 Å². The molecule has 5 nitrogen and oxygen atoms in total. The fraction of sp³-hybridized carbons (Fsp3) is 0.143. The minimum atomic E-state index is -4.42. The van der Waals surface area contributed by atoms with Crippen molar-refractivity contribution in [3.63, 3.8) is 0 Å². The van der Waals surface area contributed by atoms with Crippen molar-refractivity contribution in [2.45, 2.75) is 13.1 Å². The first-order valence-electron chi connectivity index (χ1n) is 11.1. The van der Waals surface area contributed by atoms with Crippen molar-refractivity contribution in [1.29, 1.82) is 0 Å². The lowest BCUT2D eigenvalue weighted by Gasteiger charge is -2.09. The van der Waals surface area contributed by atoms with Crippen LogP contribution in [0.5, 0.6) is 0 Å². The lowest BCUT2D eigenvalue weighted by molar-refractivity contribution is -0.137. The molecule has 0 saturated heterocycles. The van der Waals surface area contributed by atoms with E-state index in [1.165, 1.54) is 24.3 Å². The zero-order valence-electron chi connectivity index (χ0n) is 20.1. The lowest BCUT2D eigenvalue weighted by Crippen LogP contribution is -2.08. The maximum Gasteiger partial charge on any atom is 0.416 e. The number of nitrogens with zero attached hydrogens (tertiary/aromatic N) is 1. The Balaban J connectivity index is 0.00000115. The molecule has 0 spiro atoms. The van der Waals surface area contributed by atoms with Gasteiger partial charge in [0.05, 0.1) is 5.56 Å². The second-order valence-electron chi connectivity index (χ2n) is 7.82. The minimum Gasteiger partial charge on any atom is -0.461 e. The number of furan rings is 1. The van der Waals surface area contributed by atoms with Gasteiger partial charge in [-0.25, -0.2) is 0 Å². The fourth-order valence-electron chi connectivity index (χ4n) is 3.38. The van der Waals surface area contributed by atoms with Crippen LogP contribution in [0.1, 0.15) is 22.6 Å². The number of nitrogens with one attached hydrogen (secondary N) is 2. The maximum absolute atomic E-state index is 12.9. The van der Waals surface area contributed by atoms with Crippen LogP contribution in [0, 0.1) is 6.92 Å². The number of alkyl halides is 3. The van der Waals surface area contributed by atoms with Crippen molar-refractivity contribution >= 4 is 27.9 Å². The molecule has 4 aromatic rings. The predicted octanol–water partition coefficient (Wildman–Crippen LogP) is 6.62. The number of carbonyl (C=O) groups excluding carboxylic acids is 1. The van der Waals surface area contributed by atoms with E-state index in [9.17, 15) is 18.0 Å². The molecule has 2 N–H and O–H groups in total. The zero-order valence-corrected chi connectivity index (χ0v) is 20.1. The summed E-state index contributed by atoms with van der Waals surface area (Å²) in [7, 11) is 3.75. The topological polar surface area (TPSA) is 67.2 Å². The molecule has 4 rings (SSSR count). The Hall–Kier alpha value is -4.17. The van der Waals surface area contributed by atoms with Gasteiger partial charge in [0.25, 0.3) is 0 Å². The van der Waals surface area contributed by atoms with Crippen molar-refractivity contribution < 1.29 is 22.4 Å². The van der Waals surface area contributed by atoms with Gasteiger partial charge in [0.15, 0.2) is 0 Å². The van der Waals surface area contributed by atoms with E-state index in [-0.39, 0.29) is 5.91 Å². The number of benzene rings is 2. The van der Waals surface area contributed by atoms with E-state index in [1.807, 2.05) is 32.3 Å². The number of rotatable bonds is 5. The molecule has 8 heteroatoms. The number of carbonyl (C=O) groups is 1. The molecule has 2 aromatic heterocycles. The van der Waals surface area contributed by atoms with Crippen molar-refractivity contribution in [3.05, 3.63) is 114 Å². The molecule has 0 atom stereocenters. The van der Waals surface area contributed by atoms with Gasteiger partial charge in [0, 0.05) is 40.5 Å². The molecular formula is C28H26F3N3O2. The van der Waals surface area contributed by atoms with Gasteiger partial charge in [-0.3, -0.25) is 9.78 Å². The number of aryl methyl sites for hydroxylation is 1. The van der Waals surface area contributed by atoms with Gasteiger partial charge >= 0.3 is 6.18 Å². The van der Waals surface area contributed by atoms with Crippen LogP contribution in [0.2, 0.25) is 0 Å². The summed E-state index contributed by atoms with van der Waals surface area (Å²) in [6.07, 6.45) is 3.46. The van der Waals surface area contributed by atoms with E-state index in [1.54, 1.807) is 43.6 Å². The number of anilines is 1. The summed E-state index contributed by atoms with van der Waals surface area (Å²) in [6.45, 7) is 1.77. The summed E-state index contributed by atoms with van der Waals surface area (Å²) in [5, 5.41) is 7.35. The first-order valence-corrected chi connectivity index (χ1v) is 11.1. The predicted molar refractivity (Wildman–Crippen MR) is 136 cm³/mol. The molecule has 1 amide bonds. The van der Waals surface area contributed by atoms with Gasteiger partial charge < -0.3 is 15.1 Å². The van der Waals surface area contributed by atoms with Crippen molar-refractivity contribution in [2.24, 2.45) is 0 Å². The largest absolute Gasteiger partial charge is 0.461 e. The van der Waals surface area contributed by atoms with Crippen LogP contribution in [0.3, 0.4) is 0 Å². The molecule has 36 heavy (non-hydrogen) atoms. The summed E-state index contributed by atoms with van der Waals surface area (Å²) in [5.41, 5.74) is 1.00. The zero-order chi connectivity index (χ0) is 26.1. The Morgan fingerprint density at radius 1 is 1.00 bits per heavy atom. The number of hydrogen-bond donors (Lipinski definition) is 2. The van der Waals surface area contributed by atoms with Crippen LogP contribution in [0.15, 0.2) is 95.7 Å². The van der Waals surface area contributed by atoms with Crippen LogP contribution in [-0.4, -0.2) is 25.0 Å². The summed E-state index contributed by atoms with van der Waals surface area (Å²) in [5.74, 6) is 0.798. The lowest BCUT2D eigenvalue weighted by atomic mass is 10.0. The molecular weight excluding hydrogens is 467 g/mol. The SMILES string of the molecule is CNC.Cc1ccc(C(=CC=CC(=O)Nc2cccc3cnccc23)c2ccc(C(F)(F)F)cc2)o1. The van der Waals surface area contributed by atoms with Gasteiger partial charge in [-0.1, -0.05) is 36.4 Å². The number of halogens is 3. The van der Waals surface area contributed by atoms with E-state index in [0.29, 0.717) is 28.3 Å². The van der Waals surface area contributed by atoms with Crippen LogP contribution in [0.4, 0.5) is 18.9 Å². The molecule has 0 aliphatic heterocycles. The summed E-state index contributed by atoms with van der Waals surface area (Å²) < 4.78 is 44.4. The highest BCUT2D eigenvalue weighted by atomic mass is 19.4. The van der Waals surface area contributed by atoms with E-state index >= 15 is 0 Å². The highest BCUT2D eigenvalue weighted by Crippen LogP contribution is 2.32. The first-order chi connectivity index (χ1) is 17.2. The molecule has 2 aromatic carbocycles. The monoisotopic (exact) mass is 493 g/mol. The molecule has 2 heterocycles. The quantitative estimate of drug-likeness (QED) is 0.242. The smallest absolute Gasteiger partial charge is 0.416 e. The molecule has 0 aliphatic rings. The van der Waals surface area contributed by atoms with Crippen LogP contribution in [0.25, 0.3) is 16.3 Å². The number of pyridine rings is 1. The van der Waals surface area contributed by atoms with Gasteiger partial charge in [-0.15, -0.1) is 0 Å². The highest BCUT2D eigenvalue weighted by Gasteiger charge is 2.30. The third-order valence-corrected chi connectivity index (χ3v) is 4.98. The Labute approximate surface area is 207 Å². The molecule has 0 radical (unpaired) electrons. The summed E-state index contributed by atoms with van der Waals surface area (Å²) >= 11 is 0. The Morgan fingerprint density at radius 3 is 2.36 bits per heavy atom. The number of aromatic nitrogens is 1. The molecule has 0 bridgehead atoms. The highest BCUT2D eigenvalue weighted by molar-refractivity contribution is 6.06. The average molecular weight is 494 g/mol. The molecule has 0 fully saturated rings. The summed E-state index contributed by atoms with van der Waals surface area (Å²) in [6, 6.07) is 15.6. The third kappa shape index (κ3) is 6.93. The average Bonchev–Trinajstić information content (AvgIpc) is 3.28. The van der Waals surface area contributed by atoms with Crippen molar-refractivity contribution in [2.75, 3.05) is 19.4 Å². The van der Waals surface area contributed by atoms with Gasteiger partial charge in [0.2, 0.25) is 5.91 Å². The normalized spacial score (nSPS) is 11.9. The number of amides is 1. The number of fused-ring (bicyclic) bond motifs is 1. The Morgan fingerprint density at radius 2 is 1.72 bits per heavy atom. The second-order valence-corrected chi connectivity index (χ2v) is 7.82. The van der Waals surface area contributed by atoms with Crippen LogP contribution in [-0.2, 0) is 11.0 Å². The maximum atomic E-state index is 12.9. The van der Waals surface area contributed by atoms with Crippen LogP contribution < -0.4 is 10.6 Å². The Bertz CT molecular complexity index is 1370. The Kier molecular flexibility index (Phi) is 8.81. The molecule has 0 unspecified atom stereocenters. The minimum absolute atomic E-state index is 0.349. The third-order valence-electron chi connectivity index (χ3n) is 4.98. The molecule has 0 saturated carbocycles. The molecule has 0 aliphatic carbocycles. The second kappa shape index (κ2) is 12.0. The van der Waals surface area contributed by atoms with Crippen molar-refractivity contribution in [3.8, 4) is 0 Å². The van der Waals surface area contributed by atoms with E-state index < -0.39 is 11.7 Å². The van der Waals surface area contributed by atoms with E-state index in [2.05, 4.69) is 15.6 Å². The fourth-order valence-corrected chi connectivity index (χ4v) is 3.38. The van der Waals surface area contributed by atoms with Gasteiger partial charge in [-0.05, 0) is 63.0 Å². The van der Waals surface area contributed by atoms with Gasteiger partial charge in [-0.2, -0.15) is 13.2 Å². The first kappa shape index (κ1) is 26.4. The standard InChI is InChI=1S/C26H19F3N2O2.C2H7N/c1-17-8-13-24(33-17)22(18-9-11-20(12-10-18)26(27,28)29)5-3-7-25(32)31-23-6-2-4-19-16-30-15-14-21(19)23;1-3-2/h2-16H,1H3,(H,31,32);3H,1-2H3. The number of allylic oxidation sites excluding steroid dienone is 2. The molecule has 186 valence electrons. The van der Waals surface area contributed by atoms with Crippen LogP contribution >= 0.6 is 0 Å². The van der Waals surface area contributed by atoms with E-state index in [0.717, 1.165) is 22.9 Å². The summed E-state index contributed by atoms with van der Waals surface area (Å²) in [4.78, 5) is 16.6. The number of hydrogen-bond acceptors (Lipinski definition) is 4. The van der Waals surface area contributed by atoms with E-state index in [4.69, 9.17) is 4.42 Å².